The first-order valence-corrected chi connectivity index (χ1v) is 4.71. The minimum absolute atomic E-state index is 0.000644. The zero-order chi connectivity index (χ0) is 12.7. The lowest BCUT2D eigenvalue weighted by Crippen LogP contribution is -2.23. The third-order valence-corrected chi connectivity index (χ3v) is 1.79. The van der Waals surface area contributed by atoms with Crippen LogP contribution in [0.4, 0.5) is 5.69 Å². The molecule has 0 saturated carbocycles. The molecule has 0 fully saturated rings. The predicted molar refractivity (Wildman–Crippen MR) is 61.1 cm³/mol. The molecule has 1 atom stereocenters. The Bertz CT molecular complexity index is 416. The lowest BCUT2D eigenvalue weighted by atomic mass is 10.3. The van der Waals surface area contributed by atoms with Gasteiger partial charge in [0.2, 0.25) is 0 Å². The zero-order valence-corrected chi connectivity index (χ0v) is 8.85. The number of benzene rings is 1. The number of nitro groups is 1. The second-order valence-electron chi connectivity index (χ2n) is 3.07. The molecule has 0 radical (unpaired) electrons. The number of nitrogens with zero attached hydrogens (tertiary/aromatic N) is 2. The molecule has 0 bridgehead atoms. The van der Waals surface area contributed by atoms with Crippen molar-refractivity contribution in [3.8, 4) is 5.75 Å². The summed E-state index contributed by atoms with van der Waals surface area (Å²) in [5.74, 6) is 0.451. The second kappa shape index (κ2) is 6.33. The van der Waals surface area contributed by atoms with Crippen LogP contribution in [0.1, 0.15) is 0 Å². The molecule has 90 valence electrons. The summed E-state index contributed by atoms with van der Waals surface area (Å²) in [5, 5.41) is 10.4. The summed E-state index contributed by atoms with van der Waals surface area (Å²) in [7, 11) is 0. The van der Waals surface area contributed by atoms with Gasteiger partial charge in [0.25, 0.3) is 5.69 Å². The fourth-order valence-corrected chi connectivity index (χ4v) is 0.976. The number of rotatable bonds is 6. The van der Waals surface area contributed by atoms with Crippen LogP contribution in [0.25, 0.3) is 0 Å². The molecule has 2 N–H and O–H groups in total. The normalized spacial score (nSPS) is 12.3. The van der Waals surface area contributed by atoms with E-state index >= 15 is 0 Å². The molecular weight excluding hydrogens is 226 g/mol. The summed E-state index contributed by atoms with van der Waals surface area (Å²) in [5.41, 5.74) is 5.25. The SMILES string of the molecule is NC(C=O)C=NCOc1ccc([N+](=O)[O-])cc1. The summed E-state index contributed by atoms with van der Waals surface area (Å²) < 4.78 is 5.14. The number of aliphatic imine (C=N–C) groups is 1. The molecule has 1 rings (SSSR count). The van der Waals surface area contributed by atoms with Gasteiger partial charge < -0.3 is 15.3 Å². The molecule has 0 aliphatic carbocycles. The van der Waals surface area contributed by atoms with Gasteiger partial charge in [0, 0.05) is 18.3 Å². The summed E-state index contributed by atoms with van der Waals surface area (Å²) in [6.45, 7) is -0.000644. The molecule has 0 aromatic heterocycles. The van der Waals surface area contributed by atoms with Gasteiger partial charge in [-0.15, -0.1) is 0 Å². The van der Waals surface area contributed by atoms with Crippen molar-refractivity contribution in [2.45, 2.75) is 6.04 Å². The van der Waals surface area contributed by atoms with Crippen LogP contribution < -0.4 is 10.5 Å². The Hall–Kier alpha value is -2.28. The number of nitrogens with two attached hydrogens (primary N) is 1. The van der Waals surface area contributed by atoms with Crippen molar-refractivity contribution in [3.05, 3.63) is 34.4 Å². The Kier molecular flexibility index (Phi) is 4.77. The van der Waals surface area contributed by atoms with Gasteiger partial charge in [-0.3, -0.25) is 15.1 Å². The quantitative estimate of drug-likeness (QED) is 0.336. The topological polar surface area (TPSA) is 108 Å². The van der Waals surface area contributed by atoms with E-state index in [2.05, 4.69) is 4.99 Å². The van der Waals surface area contributed by atoms with E-state index in [-0.39, 0.29) is 12.4 Å². The predicted octanol–water partition coefficient (Wildman–Crippen LogP) is 0.528. The molecule has 0 spiro atoms. The number of carbonyl (C=O) groups excluding carboxylic acids is 1. The van der Waals surface area contributed by atoms with Crippen LogP contribution in [0.15, 0.2) is 29.3 Å². The van der Waals surface area contributed by atoms with E-state index in [4.69, 9.17) is 10.5 Å². The monoisotopic (exact) mass is 237 g/mol. The Labute approximate surface area is 97.1 Å². The molecule has 7 heteroatoms. The highest BCUT2D eigenvalue weighted by Crippen LogP contribution is 2.16. The first-order valence-electron chi connectivity index (χ1n) is 4.71. The highest BCUT2D eigenvalue weighted by molar-refractivity contribution is 5.84. The Morgan fingerprint density at radius 2 is 2.12 bits per heavy atom. The van der Waals surface area contributed by atoms with Crippen molar-refractivity contribution in [2.75, 3.05) is 6.73 Å². The van der Waals surface area contributed by atoms with Crippen LogP contribution in [0.2, 0.25) is 0 Å². The largest absolute Gasteiger partial charge is 0.471 e. The molecule has 7 nitrogen and oxygen atoms in total. The standard InChI is InChI=1S/C10H11N3O4/c11-8(6-14)5-12-7-17-10-3-1-9(2-4-10)13(15)16/h1-6,8H,7,11H2. The summed E-state index contributed by atoms with van der Waals surface area (Å²) in [6, 6.07) is 4.85. The smallest absolute Gasteiger partial charge is 0.269 e. The van der Waals surface area contributed by atoms with Crippen molar-refractivity contribution >= 4 is 18.2 Å². The highest BCUT2D eigenvalue weighted by Gasteiger charge is 2.03. The van der Waals surface area contributed by atoms with Crippen molar-refractivity contribution in [2.24, 2.45) is 10.7 Å². The molecular formula is C10H11N3O4. The van der Waals surface area contributed by atoms with E-state index in [1.54, 1.807) is 0 Å². The molecule has 17 heavy (non-hydrogen) atoms. The molecule has 0 amide bonds. The number of hydrogen-bond donors (Lipinski definition) is 1. The van der Waals surface area contributed by atoms with Crippen LogP contribution in [0.3, 0.4) is 0 Å². The Morgan fingerprint density at radius 3 is 2.65 bits per heavy atom. The van der Waals surface area contributed by atoms with E-state index in [1.807, 2.05) is 0 Å². The number of carbonyl (C=O) groups is 1. The van der Waals surface area contributed by atoms with Crippen LogP contribution >= 0.6 is 0 Å². The first-order chi connectivity index (χ1) is 8.13. The molecule has 1 aromatic carbocycles. The lowest BCUT2D eigenvalue weighted by molar-refractivity contribution is -0.384. The third-order valence-electron chi connectivity index (χ3n) is 1.79. The summed E-state index contributed by atoms with van der Waals surface area (Å²) >= 11 is 0. The zero-order valence-electron chi connectivity index (χ0n) is 8.85. The van der Waals surface area contributed by atoms with Gasteiger partial charge >= 0.3 is 0 Å². The van der Waals surface area contributed by atoms with Crippen LogP contribution in [-0.2, 0) is 4.79 Å². The van der Waals surface area contributed by atoms with Crippen molar-refractivity contribution in [1.82, 2.24) is 0 Å². The van der Waals surface area contributed by atoms with Crippen LogP contribution in [-0.4, -0.2) is 30.2 Å². The first kappa shape index (κ1) is 12.8. The number of nitro benzene ring substituents is 1. The van der Waals surface area contributed by atoms with E-state index in [9.17, 15) is 14.9 Å². The van der Waals surface area contributed by atoms with Crippen molar-refractivity contribution in [3.63, 3.8) is 0 Å². The van der Waals surface area contributed by atoms with Crippen LogP contribution in [0.5, 0.6) is 5.75 Å². The molecule has 0 aliphatic rings. The third kappa shape index (κ3) is 4.39. The summed E-state index contributed by atoms with van der Waals surface area (Å²) in [6.07, 6.45) is 1.81. The van der Waals surface area contributed by atoms with Gasteiger partial charge in [-0.05, 0) is 12.1 Å². The molecule has 0 heterocycles. The fourth-order valence-electron chi connectivity index (χ4n) is 0.976. The van der Waals surface area contributed by atoms with E-state index in [1.165, 1.54) is 30.5 Å². The van der Waals surface area contributed by atoms with Gasteiger partial charge in [0.05, 0.1) is 11.0 Å². The highest BCUT2D eigenvalue weighted by atomic mass is 16.6. The van der Waals surface area contributed by atoms with Gasteiger partial charge in [-0.2, -0.15) is 0 Å². The van der Waals surface area contributed by atoms with Crippen molar-refractivity contribution < 1.29 is 14.5 Å². The van der Waals surface area contributed by atoms with Gasteiger partial charge in [-0.25, -0.2) is 0 Å². The van der Waals surface area contributed by atoms with Crippen LogP contribution in [0, 0.1) is 10.1 Å². The minimum atomic E-state index is -0.740. The van der Waals surface area contributed by atoms with Crippen molar-refractivity contribution in [1.29, 1.82) is 0 Å². The summed E-state index contributed by atoms with van der Waals surface area (Å²) in [4.78, 5) is 23.8. The minimum Gasteiger partial charge on any atom is -0.471 e. The number of non-ortho nitro benzene ring substituents is 1. The van der Waals surface area contributed by atoms with Gasteiger partial charge in [-0.1, -0.05) is 0 Å². The fraction of sp³-hybridized carbons (Fsp3) is 0.200. The maximum absolute atomic E-state index is 10.4. The second-order valence-corrected chi connectivity index (χ2v) is 3.07. The van der Waals surface area contributed by atoms with E-state index in [0.717, 1.165) is 0 Å². The Morgan fingerprint density at radius 1 is 1.47 bits per heavy atom. The molecule has 1 aromatic rings. The lowest BCUT2D eigenvalue weighted by Gasteiger charge is -2.02. The average molecular weight is 237 g/mol. The van der Waals surface area contributed by atoms with Gasteiger partial charge in [0.15, 0.2) is 6.73 Å². The number of ether oxygens (including phenoxy) is 1. The molecule has 1 unspecified atom stereocenters. The van der Waals surface area contributed by atoms with Gasteiger partial charge in [0.1, 0.15) is 12.0 Å². The van der Waals surface area contributed by atoms with E-state index < -0.39 is 11.0 Å². The van der Waals surface area contributed by atoms with E-state index in [0.29, 0.717) is 12.0 Å². The maximum atomic E-state index is 10.4. The Balaban J connectivity index is 2.45. The number of hydrogen-bond acceptors (Lipinski definition) is 6. The molecule has 0 saturated heterocycles. The number of aldehydes is 1. The average Bonchev–Trinajstić information content (AvgIpc) is 2.34. The molecule has 0 aliphatic heterocycles. The maximum Gasteiger partial charge on any atom is 0.269 e.